The smallest absolute Gasteiger partial charge is 0.239 e. The Bertz CT molecular complexity index is 405. The van der Waals surface area contributed by atoms with Crippen molar-refractivity contribution in [3.8, 4) is 0 Å². The first-order valence-electron chi connectivity index (χ1n) is 6.10. The number of aromatic amines is 1. The molecule has 2 heterocycles. The molecule has 2 rings (SSSR count). The number of hydrogen-bond donors (Lipinski definition) is 2. The Hall–Kier alpha value is -1.36. The van der Waals surface area contributed by atoms with Crippen molar-refractivity contribution in [1.82, 2.24) is 15.1 Å². The average Bonchev–Trinajstić information content (AvgIpc) is 2.84. The van der Waals surface area contributed by atoms with Gasteiger partial charge in [0.25, 0.3) is 0 Å². The molecule has 0 aliphatic carbocycles. The van der Waals surface area contributed by atoms with E-state index in [2.05, 4.69) is 10.2 Å². The highest BCUT2D eigenvalue weighted by atomic mass is 16.2. The molecule has 0 aromatic carbocycles. The summed E-state index contributed by atoms with van der Waals surface area (Å²) in [5.74, 6) is 0.0347. The van der Waals surface area contributed by atoms with Crippen LogP contribution in [0.5, 0.6) is 0 Å². The lowest BCUT2D eigenvalue weighted by Crippen LogP contribution is -2.41. The third-order valence-corrected chi connectivity index (χ3v) is 3.44. The molecule has 0 radical (unpaired) electrons. The lowest BCUT2D eigenvalue weighted by atomic mass is 10.0. The molecule has 1 fully saturated rings. The van der Waals surface area contributed by atoms with Crippen LogP contribution in [0.4, 0.5) is 0 Å². The van der Waals surface area contributed by atoms with E-state index in [0.717, 1.165) is 36.3 Å². The van der Waals surface area contributed by atoms with Crippen molar-refractivity contribution >= 4 is 5.91 Å². The predicted octanol–water partition coefficient (Wildman–Crippen LogP) is 1.04. The van der Waals surface area contributed by atoms with Gasteiger partial charge in [0.1, 0.15) is 0 Å². The number of rotatable bonds is 2. The third kappa shape index (κ3) is 2.07. The van der Waals surface area contributed by atoms with Gasteiger partial charge in [0.15, 0.2) is 0 Å². The van der Waals surface area contributed by atoms with Crippen LogP contribution in [0.1, 0.15) is 42.8 Å². The van der Waals surface area contributed by atoms with Crippen molar-refractivity contribution in [2.45, 2.75) is 45.7 Å². The second-order valence-corrected chi connectivity index (χ2v) is 4.83. The molecule has 1 aliphatic rings. The van der Waals surface area contributed by atoms with Gasteiger partial charge in [-0.25, -0.2) is 0 Å². The summed E-state index contributed by atoms with van der Waals surface area (Å²) in [7, 11) is 0. The third-order valence-electron chi connectivity index (χ3n) is 3.44. The van der Waals surface area contributed by atoms with Crippen LogP contribution in [0.2, 0.25) is 0 Å². The molecule has 1 aromatic heterocycles. The first-order chi connectivity index (χ1) is 8.02. The van der Waals surface area contributed by atoms with E-state index in [1.807, 2.05) is 18.7 Å². The van der Waals surface area contributed by atoms with Gasteiger partial charge in [0.2, 0.25) is 5.91 Å². The maximum absolute atomic E-state index is 12.0. The van der Waals surface area contributed by atoms with Gasteiger partial charge in [0, 0.05) is 17.8 Å². The van der Waals surface area contributed by atoms with Crippen molar-refractivity contribution in [2.75, 3.05) is 6.54 Å². The van der Waals surface area contributed by atoms with Gasteiger partial charge in [-0.3, -0.25) is 9.89 Å². The zero-order valence-corrected chi connectivity index (χ0v) is 10.7. The molecule has 5 heteroatoms. The van der Waals surface area contributed by atoms with E-state index < -0.39 is 6.04 Å². The van der Waals surface area contributed by atoms with Crippen LogP contribution in [0, 0.1) is 13.8 Å². The Morgan fingerprint density at radius 2 is 2.29 bits per heavy atom. The Morgan fingerprint density at radius 1 is 1.59 bits per heavy atom. The number of nitrogens with zero attached hydrogens (tertiary/aromatic N) is 2. The number of nitrogens with one attached hydrogen (secondary N) is 1. The van der Waals surface area contributed by atoms with E-state index in [1.165, 1.54) is 0 Å². The van der Waals surface area contributed by atoms with Crippen LogP contribution < -0.4 is 5.73 Å². The molecule has 0 saturated carbocycles. The molecule has 2 atom stereocenters. The summed E-state index contributed by atoms with van der Waals surface area (Å²) < 4.78 is 0. The minimum Gasteiger partial charge on any atom is -0.334 e. The van der Waals surface area contributed by atoms with Crippen molar-refractivity contribution < 1.29 is 4.79 Å². The summed E-state index contributed by atoms with van der Waals surface area (Å²) in [6, 6.07) is -0.282. The van der Waals surface area contributed by atoms with Crippen molar-refractivity contribution in [1.29, 1.82) is 0 Å². The van der Waals surface area contributed by atoms with Gasteiger partial charge in [-0.15, -0.1) is 0 Å². The van der Waals surface area contributed by atoms with Crippen LogP contribution in [0.3, 0.4) is 0 Å². The summed E-state index contributed by atoms with van der Waals surface area (Å²) in [6.07, 6.45) is 2.03. The first-order valence-corrected chi connectivity index (χ1v) is 6.10. The highest BCUT2D eigenvalue weighted by Crippen LogP contribution is 2.34. The van der Waals surface area contributed by atoms with E-state index in [1.54, 1.807) is 6.92 Å². The number of likely N-dealkylation sites (tertiary alicyclic amines) is 1. The Labute approximate surface area is 101 Å². The lowest BCUT2D eigenvalue weighted by molar-refractivity contribution is -0.133. The second-order valence-electron chi connectivity index (χ2n) is 4.83. The minimum atomic E-state index is -0.428. The SMILES string of the molecule is Cc1n[nH]c(C)c1C1CCCN1C(=O)C(C)N. The van der Waals surface area contributed by atoms with Gasteiger partial charge >= 0.3 is 0 Å². The number of carbonyl (C=O) groups excluding carboxylic acids is 1. The van der Waals surface area contributed by atoms with Crippen molar-refractivity contribution in [3.63, 3.8) is 0 Å². The van der Waals surface area contributed by atoms with Gasteiger partial charge in [-0.2, -0.15) is 5.10 Å². The summed E-state index contributed by atoms with van der Waals surface area (Å²) in [4.78, 5) is 13.9. The van der Waals surface area contributed by atoms with Crippen LogP contribution in [0.15, 0.2) is 0 Å². The zero-order valence-electron chi connectivity index (χ0n) is 10.7. The summed E-state index contributed by atoms with van der Waals surface area (Å²) >= 11 is 0. The molecule has 94 valence electrons. The molecule has 2 unspecified atom stereocenters. The van der Waals surface area contributed by atoms with Gasteiger partial charge in [-0.1, -0.05) is 0 Å². The molecule has 0 spiro atoms. The van der Waals surface area contributed by atoms with Crippen molar-refractivity contribution in [2.24, 2.45) is 5.73 Å². The number of H-pyrrole nitrogens is 1. The Balaban J connectivity index is 2.29. The van der Waals surface area contributed by atoms with Crippen LogP contribution >= 0.6 is 0 Å². The number of amides is 1. The Kier molecular flexibility index (Phi) is 3.19. The first kappa shape index (κ1) is 12.1. The summed E-state index contributed by atoms with van der Waals surface area (Å²) in [6.45, 7) is 6.52. The normalized spacial score (nSPS) is 21.9. The highest BCUT2D eigenvalue weighted by Gasteiger charge is 2.33. The van der Waals surface area contributed by atoms with E-state index in [0.29, 0.717) is 0 Å². The number of aromatic nitrogens is 2. The fourth-order valence-electron chi connectivity index (χ4n) is 2.64. The van der Waals surface area contributed by atoms with E-state index >= 15 is 0 Å². The largest absolute Gasteiger partial charge is 0.334 e. The topological polar surface area (TPSA) is 75.0 Å². The van der Waals surface area contributed by atoms with Crippen molar-refractivity contribution in [3.05, 3.63) is 17.0 Å². The monoisotopic (exact) mass is 236 g/mol. The second kappa shape index (κ2) is 4.49. The van der Waals surface area contributed by atoms with E-state index in [9.17, 15) is 4.79 Å². The zero-order chi connectivity index (χ0) is 12.6. The molecule has 1 amide bonds. The van der Waals surface area contributed by atoms with Gasteiger partial charge < -0.3 is 10.6 Å². The predicted molar refractivity (Wildman–Crippen MR) is 65.4 cm³/mol. The molecule has 1 saturated heterocycles. The molecule has 1 aliphatic heterocycles. The molecule has 5 nitrogen and oxygen atoms in total. The van der Waals surface area contributed by atoms with E-state index in [4.69, 9.17) is 5.73 Å². The van der Waals surface area contributed by atoms with Crippen LogP contribution in [-0.4, -0.2) is 33.6 Å². The molecule has 17 heavy (non-hydrogen) atoms. The summed E-state index contributed by atoms with van der Waals surface area (Å²) in [5, 5.41) is 7.19. The highest BCUT2D eigenvalue weighted by molar-refractivity contribution is 5.82. The number of aryl methyl sites for hydroxylation is 2. The molecule has 0 bridgehead atoms. The Morgan fingerprint density at radius 3 is 2.82 bits per heavy atom. The standard InChI is InChI=1S/C12H20N4O/c1-7(13)12(17)16-6-4-5-10(16)11-8(2)14-15-9(11)3/h7,10H,4-6,13H2,1-3H3,(H,14,15). The fraction of sp³-hybridized carbons (Fsp3) is 0.667. The number of hydrogen-bond acceptors (Lipinski definition) is 3. The maximum Gasteiger partial charge on any atom is 0.239 e. The van der Waals surface area contributed by atoms with Crippen LogP contribution in [-0.2, 0) is 4.79 Å². The molecule has 3 N–H and O–H groups in total. The minimum absolute atomic E-state index is 0.0347. The van der Waals surface area contributed by atoms with Gasteiger partial charge in [-0.05, 0) is 33.6 Å². The number of carbonyl (C=O) groups is 1. The lowest BCUT2D eigenvalue weighted by Gasteiger charge is -2.26. The molecular formula is C12H20N4O. The van der Waals surface area contributed by atoms with E-state index in [-0.39, 0.29) is 11.9 Å². The summed E-state index contributed by atoms with van der Waals surface area (Å²) in [5.41, 5.74) is 8.89. The quantitative estimate of drug-likeness (QED) is 0.805. The maximum atomic E-state index is 12.0. The van der Waals surface area contributed by atoms with Gasteiger partial charge in [0.05, 0.1) is 17.8 Å². The fourth-order valence-corrected chi connectivity index (χ4v) is 2.64. The average molecular weight is 236 g/mol. The van der Waals surface area contributed by atoms with Crippen LogP contribution in [0.25, 0.3) is 0 Å². The molecule has 1 aromatic rings. The number of nitrogens with two attached hydrogens (primary N) is 1. The molecular weight excluding hydrogens is 216 g/mol.